The van der Waals surface area contributed by atoms with Crippen molar-refractivity contribution in [1.82, 2.24) is 4.90 Å². The molecule has 90 valence electrons. The van der Waals surface area contributed by atoms with Gasteiger partial charge in [0, 0.05) is 12.8 Å². The van der Waals surface area contributed by atoms with Crippen molar-refractivity contribution < 1.29 is 19.1 Å². The van der Waals surface area contributed by atoms with E-state index < -0.39 is 5.97 Å². The molecule has 1 aromatic heterocycles. The van der Waals surface area contributed by atoms with Crippen LogP contribution in [0.2, 0.25) is 0 Å². The topological polar surface area (TPSA) is 70.8 Å². The number of carbonyl (C=O) groups is 2. The SMILES string of the molecule is C#CCN(CC(=O)O)C(=O)CCc1ccco1. The fourth-order valence-corrected chi connectivity index (χ4v) is 1.35. The molecule has 17 heavy (non-hydrogen) atoms. The molecule has 1 aromatic rings. The number of carboxylic acid groups (broad SMARTS) is 1. The molecule has 5 heteroatoms. The van der Waals surface area contributed by atoms with Crippen LogP contribution in [0.1, 0.15) is 12.2 Å². The molecule has 0 saturated carbocycles. The molecule has 1 amide bonds. The summed E-state index contributed by atoms with van der Waals surface area (Å²) in [7, 11) is 0. The Labute approximate surface area is 99.0 Å². The Hall–Kier alpha value is -2.22. The first-order valence-electron chi connectivity index (χ1n) is 5.09. The minimum atomic E-state index is -1.08. The van der Waals surface area contributed by atoms with Gasteiger partial charge in [-0.2, -0.15) is 0 Å². The maximum absolute atomic E-state index is 11.7. The van der Waals surface area contributed by atoms with Crippen LogP contribution in [0.15, 0.2) is 22.8 Å². The van der Waals surface area contributed by atoms with Gasteiger partial charge in [-0.3, -0.25) is 9.59 Å². The van der Waals surface area contributed by atoms with E-state index in [0.717, 1.165) is 4.90 Å². The Morgan fingerprint density at radius 1 is 1.53 bits per heavy atom. The van der Waals surface area contributed by atoms with Crippen LogP contribution in [0.25, 0.3) is 0 Å². The molecule has 0 aliphatic carbocycles. The average Bonchev–Trinajstić information content (AvgIpc) is 2.77. The molecule has 1 rings (SSSR count). The number of carboxylic acids is 1. The molecule has 1 N–H and O–H groups in total. The molecule has 0 aliphatic rings. The summed E-state index contributed by atoms with van der Waals surface area (Å²) in [5.74, 6) is 1.59. The first kappa shape index (κ1) is 12.8. The summed E-state index contributed by atoms with van der Waals surface area (Å²) >= 11 is 0. The number of rotatable bonds is 6. The average molecular weight is 235 g/mol. The van der Waals surface area contributed by atoms with Crippen molar-refractivity contribution in [3.8, 4) is 12.3 Å². The zero-order valence-corrected chi connectivity index (χ0v) is 9.26. The number of aliphatic carboxylic acids is 1. The van der Waals surface area contributed by atoms with Crippen LogP contribution in [0, 0.1) is 12.3 Å². The molecule has 0 saturated heterocycles. The third-order valence-electron chi connectivity index (χ3n) is 2.13. The van der Waals surface area contributed by atoms with Crippen molar-refractivity contribution in [2.24, 2.45) is 0 Å². The van der Waals surface area contributed by atoms with Gasteiger partial charge in [0.2, 0.25) is 5.91 Å². The molecule has 1 heterocycles. The molecule has 0 aromatic carbocycles. The van der Waals surface area contributed by atoms with Crippen LogP contribution >= 0.6 is 0 Å². The second kappa shape index (κ2) is 6.38. The number of furan rings is 1. The van der Waals surface area contributed by atoms with E-state index in [1.54, 1.807) is 12.1 Å². The summed E-state index contributed by atoms with van der Waals surface area (Å²) in [5, 5.41) is 8.63. The van der Waals surface area contributed by atoms with Crippen LogP contribution in [0.4, 0.5) is 0 Å². The Kier molecular flexibility index (Phi) is 4.82. The fraction of sp³-hybridized carbons (Fsp3) is 0.333. The van der Waals surface area contributed by atoms with Crippen molar-refractivity contribution in [3.05, 3.63) is 24.2 Å². The van der Waals surface area contributed by atoms with Crippen molar-refractivity contribution in [2.45, 2.75) is 12.8 Å². The van der Waals surface area contributed by atoms with Gasteiger partial charge in [0.15, 0.2) is 0 Å². The lowest BCUT2D eigenvalue weighted by atomic mass is 10.2. The fourth-order valence-electron chi connectivity index (χ4n) is 1.35. The Morgan fingerprint density at radius 3 is 2.82 bits per heavy atom. The maximum atomic E-state index is 11.7. The predicted molar refractivity (Wildman–Crippen MR) is 60.1 cm³/mol. The Morgan fingerprint density at radius 2 is 2.29 bits per heavy atom. The van der Waals surface area contributed by atoms with Crippen LogP contribution < -0.4 is 0 Å². The van der Waals surface area contributed by atoms with Gasteiger partial charge in [0.1, 0.15) is 12.3 Å². The first-order valence-corrected chi connectivity index (χ1v) is 5.09. The number of terminal acetylenes is 1. The summed E-state index contributed by atoms with van der Waals surface area (Å²) in [5.41, 5.74) is 0. The van der Waals surface area contributed by atoms with E-state index in [0.29, 0.717) is 12.2 Å². The first-order chi connectivity index (χ1) is 8.13. The molecular formula is C12H13NO4. The van der Waals surface area contributed by atoms with Crippen LogP contribution in [-0.2, 0) is 16.0 Å². The zero-order valence-electron chi connectivity index (χ0n) is 9.26. The summed E-state index contributed by atoms with van der Waals surface area (Å²) in [6.07, 6.45) is 7.22. The summed E-state index contributed by atoms with van der Waals surface area (Å²) in [4.78, 5) is 23.4. The van der Waals surface area contributed by atoms with E-state index in [4.69, 9.17) is 15.9 Å². The van der Waals surface area contributed by atoms with E-state index in [1.165, 1.54) is 6.26 Å². The van der Waals surface area contributed by atoms with Crippen LogP contribution in [-0.4, -0.2) is 35.0 Å². The highest BCUT2D eigenvalue weighted by Gasteiger charge is 2.15. The molecule has 0 spiro atoms. The minimum absolute atomic E-state index is 0.00326. The highest BCUT2D eigenvalue weighted by Crippen LogP contribution is 2.05. The highest BCUT2D eigenvalue weighted by molar-refractivity contribution is 5.81. The van der Waals surface area contributed by atoms with Gasteiger partial charge >= 0.3 is 5.97 Å². The number of aryl methyl sites for hydroxylation is 1. The van der Waals surface area contributed by atoms with Gasteiger partial charge in [-0.25, -0.2) is 0 Å². The molecule has 5 nitrogen and oxygen atoms in total. The minimum Gasteiger partial charge on any atom is -0.480 e. The quantitative estimate of drug-likeness (QED) is 0.739. The molecule has 0 fully saturated rings. The van der Waals surface area contributed by atoms with Gasteiger partial charge in [-0.15, -0.1) is 6.42 Å². The smallest absolute Gasteiger partial charge is 0.323 e. The number of hydrogen-bond acceptors (Lipinski definition) is 3. The maximum Gasteiger partial charge on any atom is 0.323 e. The van der Waals surface area contributed by atoms with Crippen LogP contribution in [0.3, 0.4) is 0 Å². The second-order valence-electron chi connectivity index (χ2n) is 3.43. The molecule has 0 bridgehead atoms. The lowest BCUT2D eigenvalue weighted by molar-refractivity contribution is -0.144. The lowest BCUT2D eigenvalue weighted by Crippen LogP contribution is -2.36. The summed E-state index contributed by atoms with van der Waals surface area (Å²) in [6.45, 7) is -0.371. The number of hydrogen-bond donors (Lipinski definition) is 1. The van der Waals surface area contributed by atoms with Gasteiger partial charge in [0.25, 0.3) is 0 Å². The van der Waals surface area contributed by atoms with Crippen molar-refractivity contribution in [3.63, 3.8) is 0 Å². The summed E-state index contributed by atoms with van der Waals surface area (Å²) in [6, 6.07) is 3.49. The normalized spacial score (nSPS) is 9.59. The van der Waals surface area contributed by atoms with Gasteiger partial charge < -0.3 is 14.4 Å². The van der Waals surface area contributed by atoms with E-state index >= 15 is 0 Å². The summed E-state index contributed by atoms with van der Waals surface area (Å²) < 4.78 is 5.08. The molecule has 0 atom stereocenters. The van der Waals surface area contributed by atoms with Gasteiger partial charge in [0.05, 0.1) is 12.8 Å². The zero-order chi connectivity index (χ0) is 12.7. The Bertz CT molecular complexity index is 416. The predicted octanol–water partition coefficient (Wildman–Crippen LogP) is 0.759. The lowest BCUT2D eigenvalue weighted by Gasteiger charge is -2.17. The molecule has 0 radical (unpaired) electrons. The van der Waals surface area contributed by atoms with Gasteiger partial charge in [-0.1, -0.05) is 5.92 Å². The third kappa shape index (κ3) is 4.43. The molecular weight excluding hydrogens is 222 g/mol. The van der Waals surface area contributed by atoms with E-state index in [1.807, 2.05) is 0 Å². The largest absolute Gasteiger partial charge is 0.480 e. The van der Waals surface area contributed by atoms with E-state index in [2.05, 4.69) is 5.92 Å². The van der Waals surface area contributed by atoms with E-state index in [9.17, 15) is 9.59 Å². The monoisotopic (exact) mass is 235 g/mol. The van der Waals surface area contributed by atoms with Crippen molar-refractivity contribution in [2.75, 3.05) is 13.1 Å². The highest BCUT2D eigenvalue weighted by atomic mass is 16.4. The van der Waals surface area contributed by atoms with Crippen molar-refractivity contribution in [1.29, 1.82) is 0 Å². The van der Waals surface area contributed by atoms with Crippen molar-refractivity contribution >= 4 is 11.9 Å². The second-order valence-corrected chi connectivity index (χ2v) is 3.43. The number of nitrogens with zero attached hydrogens (tertiary/aromatic N) is 1. The van der Waals surface area contributed by atoms with Crippen LogP contribution in [0.5, 0.6) is 0 Å². The molecule has 0 aliphatic heterocycles. The Balaban J connectivity index is 2.47. The number of amides is 1. The third-order valence-corrected chi connectivity index (χ3v) is 2.13. The standard InChI is InChI=1S/C12H13NO4/c1-2-7-13(9-12(15)16)11(14)6-5-10-4-3-8-17-10/h1,3-4,8H,5-7,9H2,(H,15,16). The van der Waals surface area contributed by atoms with Gasteiger partial charge in [-0.05, 0) is 12.1 Å². The van der Waals surface area contributed by atoms with E-state index in [-0.39, 0.29) is 25.4 Å². The molecule has 0 unspecified atom stereocenters. The number of carbonyl (C=O) groups excluding carboxylic acids is 1.